The first-order valence-electron chi connectivity index (χ1n) is 19.1. The Morgan fingerprint density at radius 2 is 1.66 bits per heavy atom. The highest BCUT2D eigenvalue weighted by molar-refractivity contribution is 7.89. The summed E-state index contributed by atoms with van der Waals surface area (Å²) in [6, 6.07) is 29.8. The zero-order chi connectivity index (χ0) is 41.0. The van der Waals surface area contributed by atoms with E-state index >= 15 is 0 Å². The average Bonchev–Trinajstić information content (AvgIpc) is 3.24. The molecule has 58 heavy (non-hydrogen) atoms. The topological polar surface area (TPSA) is 136 Å². The maximum atomic E-state index is 14.5. The van der Waals surface area contributed by atoms with Gasteiger partial charge in [0.1, 0.15) is 25.1 Å². The third-order valence-corrected chi connectivity index (χ3v) is 12.4. The Balaban J connectivity index is 1.18. The molecule has 0 aromatic heterocycles. The number of nitrogens with one attached hydrogen (secondary N) is 1. The third-order valence-electron chi connectivity index (χ3n) is 10.5. The smallest absolute Gasteiger partial charge is 0.326 e. The summed E-state index contributed by atoms with van der Waals surface area (Å²) in [5.41, 5.74) is 2.14. The largest absolute Gasteiger partial charge is 0.497 e. The monoisotopic (exact) mass is 808 g/mol. The fraction of sp³-hybridized carbons (Fsp3) is 0.318. The first kappa shape index (κ1) is 40.4. The van der Waals surface area contributed by atoms with Crippen LogP contribution in [0.15, 0.2) is 108 Å². The first-order chi connectivity index (χ1) is 27.9. The lowest BCUT2D eigenvalue weighted by atomic mass is 9.99. The van der Waals surface area contributed by atoms with Crippen LogP contribution in [0.3, 0.4) is 0 Å². The third kappa shape index (κ3) is 8.54. The fourth-order valence-corrected chi connectivity index (χ4v) is 8.34. The summed E-state index contributed by atoms with van der Waals surface area (Å²) in [6.45, 7) is 5.27. The summed E-state index contributed by atoms with van der Waals surface area (Å²) >= 11 is 0. The van der Waals surface area contributed by atoms with Crippen molar-refractivity contribution < 1.29 is 41.7 Å². The summed E-state index contributed by atoms with van der Waals surface area (Å²) < 4.78 is 58.7. The van der Waals surface area contributed by atoms with Crippen LogP contribution in [0.1, 0.15) is 29.8 Å². The number of hydrogen-bond acceptors (Lipinski definition) is 9. The Kier molecular flexibility index (Phi) is 12.1. The predicted molar refractivity (Wildman–Crippen MR) is 222 cm³/mol. The minimum Gasteiger partial charge on any atom is -0.497 e. The van der Waals surface area contributed by atoms with E-state index in [1.165, 1.54) is 28.4 Å². The van der Waals surface area contributed by atoms with Crippen LogP contribution >= 0.6 is 0 Å². The number of nitrogens with zero attached hydrogens (tertiary/aromatic N) is 3. The van der Waals surface area contributed by atoms with Crippen molar-refractivity contribution in [2.45, 2.75) is 37.5 Å². The van der Waals surface area contributed by atoms with E-state index in [0.717, 1.165) is 22.1 Å². The number of carbonyl (C=O) groups is 2. The molecule has 0 spiro atoms. The van der Waals surface area contributed by atoms with Crippen molar-refractivity contribution in [1.29, 1.82) is 0 Å². The number of fused-ring (bicyclic) bond motifs is 3. The molecule has 2 heterocycles. The lowest BCUT2D eigenvalue weighted by Gasteiger charge is -2.38. The summed E-state index contributed by atoms with van der Waals surface area (Å²) in [7, 11) is 0.747. The minimum absolute atomic E-state index is 0.0435. The Bertz CT molecular complexity index is 2390. The Morgan fingerprint density at radius 3 is 2.43 bits per heavy atom. The van der Waals surface area contributed by atoms with Gasteiger partial charge in [-0.25, -0.2) is 13.2 Å². The molecular formula is C44H48N4O9S. The van der Waals surface area contributed by atoms with Crippen molar-refractivity contribution in [2.75, 3.05) is 64.3 Å². The number of rotatable bonds is 12. The van der Waals surface area contributed by atoms with Crippen LogP contribution in [0.4, 0.5) is 16.2 Å². The zero-order valence-corrected chi connectivity index (χ0v) is 34.0. The fourth-order valence-electron chi connectivity index (χ4n) is 7.15. The van der Waals surface area contributed by atoms with Gasteiger partial charge in [0.05, 0.1) is 54.7 Å². The number of methoxy groups -OCH3 is 1. The lowest BCUT2D eigenvalue weighted by molar-refractivity contribution is 0.0236. The van der Waals surface area contributed by atoms with E-state index in [1.54, 1.807) is 43.3 Å². The molecular weight excluding hydrogens is 761 g/mol. The van der Waals surface area contributed by atoms with E-state index in [0.29, 0.717) is 37.0 Å². The molecule has 1 N–H and O–H groups in total. The summed E-state index contributed by atoms with van der Waals surface area (Å²) in [5, 5.41) is 4.86. The molecule has 2 aliphatic heterocycles. The summed E-state index contributed by atoms with van der Waals surface area (Å²) in [5.74, 6) is 1.04. The number of sulfonamides is 1. The van der Waals surface area contributed by atoms with Crippen LogP contribution in [-0.2, 0) is 21.4 Å². The highest BCUT2D eigenvalue weighted by atomic mass is 32.2. The molecule has 7 rings (SSSR count). The second-order valence-electron chi connectivity index (χ2n) is 14.6. The predicted octanol–water partition coefficient (Wildman–Crippen LogP) is 7.05. The van der Waals surface area contributed by atoms with E-state index in [2.05, 4.69) is 5.32 Å². The van der Waals surface area contributed by atoms with E-state index in [-0.39, 0.29) is 59.5 Å². The molecule has 3 amide bonds. The van der Waals surface area contributed by atoms with Crippen LogP contribution in [0.5, 0.6) is 23.0 Å². The van der Waals surface area contributed by atoms with Gasteiger partial charge in [0.25, 0.3) is 5.91 Å². The molecule has 13 nitrogen and oxygen atoms in total. The molecule has 0 bridgehead atoms. The van der Waals surface area contributed by atoms with Gasteiger partial charge in [-0.15, -0.1) is 0 Å². The molecule has 0 saturated carbocycles. The molecule has 0 unspecified atom stereocenters. The molecule has 0 saturated heterocycles. The van der Waals surface area contributed by atoms with Crippen LogP contribution in [0.25, 0.3) is 10.8 Å². The minimum atomic E-state index is -4.03. The molecule has 0 fully saturated rings. The van der Waals surface area contributed by atoms with Gasteiger partial charge in [0.2, 0.25) is 10.0 Å². The van der Waals surface area contributed by atoms with Gasteiger partial charge in [-0.3, -0.25) is 9.69 Å². The molecule has 14 heteroatoms. The number of hydrogen-bond donors (Lipinski definition) is 1. The van der Waals surface area contributed by atoms with Crippen molar-refractivity contribution in [2.24, 2.45) is 5.92 Å². The maximum absolute atomic E-state index is 14.5. The van der Waals surface area contributed by atoms with Crippen molar-refractivity contribution in [1.82, 2.24) is 9.21 Å². The standard InChI is InChI=1S/C44H48N4O9S/c1-29-25-48(30(2)27-54-28-31-16-18-33(53-5)19-17-31)43(49)36-13-9-14-37(45-44(50)47(4)38-15-8-11-32-10-6-7-12-35(32)38)42(36)57-41(29)26-46(3)58(51,52)34-20-21-39-40(24-34)56-23-22-55-39/h6-21,24,29-30,41H,22-23,25-28H2,1-5H3,(H,45,50)/t29-,30+,41+/m1/s1. The van der Waals surface area contributed by atoms with E-state index < -0.39 is 22.2 Å². The van der Waals surface area contributed by atoms with Gasteiger partial charge in [0.15, 0.2) is 17.2 Å². The van der Waals surface area contributed by atoms with Crippen molar-refractivity contribution in [3.05, 3.63) is 114 Å². The molecule has 5 aromatic carbocycles. The lowest BCUT2D eigenvalue weighted by Crippen LogP contribution is -2.50. The van der Waals surface area contributed by atoms with Crippen LogP contribution in [-0.4, -0.2) is 95.8 Å². The van der Waals surface area contributed by atoms with Crippen molar-refractivity contribution >= 4 is 44.1 Å². The van der Waals surface area contributed by atoms with Crippen molar-refractivity contribution in [3.63, 3.8) is 0 Å². The Morgan fingerprint density at radius 1 is 0.931 bits per heavy atom. The summed E-state index contributed by atoms with van der Waals surface area (Å²) in [4.78, 5) is 31.8. The molecule has 5 aromatic rings. The van der Waals surface area contributed by atoms with Crippen LogP contribution < -0.4 is 29.2 Å². The Labute approximate surface area is 339 Å². The van der Waals surface area contributed by atoms with Gasteiger partial charge < -0.3 is 33.9 Å². The summed E-state index contributed by atoms with van der Waals surface area (Å²) in [6.07, 6.45) is -0.757. The number of amides is 3. The van der Waals surface area contributed by atoms with Gasteiger partial charge >= 0.3 is 6.03 Å². The van der Waals surface area contributed by atoms with Gasteiger partial charge in [0, 0.05) is 38.0 Å². The van der Waals surface area contributed by atoms with Crippen molar-refractivity contribution in [3.8, 4) is 23.0 Å². The number of urea groups is 1. The highest BCUT2D eigenvalue weighted by Crippen LogP contribution is 2.37. The zero-order valence-electron chi connectivity index (χ0n) is 33.2. The maximum Gasteiger partial charge on any atom is 0.326 e. The van der Waals surface area contributed by atoms with Gasteiger partial charge in [-0.05, 0) is 60.3 Å². The second-order valence-corrected chi connectivity index (χ2v) is 16.6. The van der Waals surface area contributed by atoms with Crippen LogP contribution in [0, 0.1) is 5.92 Å². The van der Waals surface area contributed by atoms with Gasteiger partial charge in [-0.2, -0.15) is 4.31 Å². The molecule has 304 valence electrons. The van der Waals surface area contributed by atoms with E-state index in [4.69, 9.17) is 23.7 Å². The average molecular weight is 809 g/mol. The molecule has 0 aliphatic carbocycles. The second kappa shape index (κ2) is 17.3. The quantitative estimate of drug-likeness (QED) is 0.141. The number of ether oxygens (including phenoxy) is 5. The molecule has 2 aliphatic rings. The number of carbonyl (C=O) groups excluding carboxylic acids is 2. The first-order valence-corrected chi connectivity index (χ1v) is 20.6. The van der Waals surface area contributed by atoms with Gasteiger partial charge in [-0.1, -0.05) is 61.5 Å². The number of para-hydroxylation sites is 1. The molecule has 0 radical (unpaired) electrons. The normalized spacial score (nSPS) is 17.1. The molecule has 3 atom stereocenters. The number of benzene rings is 5. The van der Waals surface area contributed by atoms with Crippen LogP contribution in [0.2, 0.25) is 0 Å². The Hall–Kier alpha value is -5.83. The SMILES string of the molecule is COc1ccc(COC[C@H](C)N2C[C@@H](C)[C@H](CN(C)S(=O)(=O)c3ccc4c(c3)OCCO4)Oc3c(NC(=O)N(C)c4cccc5ccccc45)cccc3C2=O)cc1. The van der Waals surface area contributed by atoms with E-state index in [9.17, 15) is 18.0 Å². The number of anilines is 2. The highest BCUT2D eigenvalue weighted by Gasteiger charge is 2.37. The van der Waals surface area contributed by atoms with E-state index in [1.807, 2.05) is 80.6 Å². The number of likely N-dealkylation sites (N-methyl/N-ethyl adjacent to an activating group) is 1.